The molecule has 0 aliphatic carbocycles. The van der Waals surface area contributed by atoms with Gasteiger partial charge in [-0.05, 0) is 26.3 Å². The van der Waals surface area contributed by atoms with Crippen LogP contribution in [0.4, 0.5) is 0 Å². The average molecular weight is 183 g/mol. The minimum atomic E-state index is 0.110. The van der Waals surface area contributed by atoms with E-state index < -0.39 is 0 Å². The maximum atomic E-state index is 10.7. The van der Waals surface area contributed by atoms with E-state index in [1.807, 2.05) is 6.92 Å². The van der Waals surface area contributed by atoms with Crippen LogP contribution >= 0.6 is 0 Å². The summed E-state index contributed by atoms with van der Waals surface area (Å²) in [6.45, 7) is 6.69. The predicted molar refractivity (Wildman–Crippen MR) is 56.6 cm³/mol. The fourth-order valence-electron chi connectivity index (χ4n) is 1.19. The molecule has 0 aliphatic rings. The van der Waals surface area contributed by atoms with Gasteiger partial charge in [0.2, 0.25) is 0 Å². The van der Waals surface area contributed by atoms with Crippen LogP contribution < -0.4 is 5.32 Å². The van der Waals surface area contributed by atoms with E-state index in [1.54, 1.807) is 13.0 Å². The minimum absolute atomic E-state index is 0.110. The van der Waals surface area contributed by atoms with Crippen LogP contribution in [0.3, 0.4) is 0 Å². The zero-order valence-electron chi connectivity index (χ0n) is 9.02. The molecule has 13 heavy (non-hydrogen) atoms. The topological polar surface area (TPSA) is 29.1 Å². The van der Waals surface area contributed by atoms with E-state index in [-0.39, 0.29) is 5.78 Å². The summed E-state index contributed by atoms with van der Waals surface area (Å²) in [6, 6.07) is 0. The number of hydrogen-bond donors (Lipinski definition) is 1. The quantitative estimate of drug-likeness (QED) is 0.485. The number of carbonyl (C=O) groups excluding carboxylic acids is 1. The summed E-state index contributed by atoms with van der Waals surface area (Å²) in [5.41, 5.74) is 0.976. The zero-order chi connectivity index (χ0) is 10.1. The van der Waals surface area contributed by atoms with Gasteiger partial charge in [-0.2, -0.15) is 0 Å². The fraction of sp³-hybridized carbons (Fsp3) is 0.727. The van der Waals surface area contributed by atoms with Gasteiger partial charge in [0.15, 0.2) is 5.78 Å². The molecular formula is C11H21NO. The lowest BCUT2D eigenvalue weighted by Gasteiger charge is -2.04. The number of carbonyl (C=O) groups is 1. The molecule has 0 aliphatic heterocycles. The Hall–Kier alpha value is -0.790. The molecule has 0 saturated heterocycles. The summed E-state index contributed by atoms with van der Waals surface area (Å²) in [5, 5.41) is 3.21. The first-order valence-electron chi connectivity index (χ1n) is 5.09. The van der Waals surface area contributed by atoms with E-state index in [1.165, 1.54) is 25.7 Å². The maximum Gasteiger partial charge on any atom is 0.154 e. The summed E-state index contributed by atoms with van der Waals surface area (Å²) in [5.74, 6) is 0.110. The second kappa shape index (κ2) is 7.84. The van der Waals surface area contributed by atoms with Crippen molar-refractivity contribution in [1.82, 2.24) is 5.32 Å². The smallest absolute Gasteiger partial charge is 0.154 e. The van der Waals surface area contributed by atoms with Crippen molar-refractivity contribution in [3.63, 3.8) is 0 Å². The summed E-state index contributed by atoms with van der Waals surface area (Å²) in [7, 11) is 0. The van der Waals surface area contributed by atoms with Crippen LogP contribution in [-0.2, 0) is 4.79 Å². The van der Waals surface area contributed by atoms with Crippen molar-refractivity contribution in [1.29, 1.82) is 0 Å². The molecule has 0 spiro atoms. The fourth-order valence-corrected chi connectivity index (χ4v) is 1.19. The molecule has 0 radical (unpaired) electrons. The Bertz CT molecular complexity index is 173. The predicted octanol–water partition coefficient (Wildman–Crippen LogP) is 2.65. The van der Waals surface area contributed by atoms with Gasteiger partial charge in [0, 0.05) is 12.2 Å². The molecule has 0 atom stereocenters. The number of nitrogens with one attached hydrogen (secondary N) is 1. The van der Waals surface area contributed by atoms with Crippen LogP contribution in [0.1, 0.15) is 46.5 Å². The summed E-state index contributed by atoms with van der Waals surface area (Å²) < 4.78 is 0. The van der Waals surface area contributed by atoms with Gasteiger partial charge < -0.3 is 5.32 Å². The Balaban J connectivity index is 3.37. The molecular weight excluding hydrogens is 162 g/mol. The highest BCUT2D eigenvalue weighted by atomic mass is 16.1. The van der Waals surface area contributed by atoms with Crippen molar-refractivity contribution < 1.29 is 4.79 Å². The highest BCUT2D eigenvalue weighted by Crippen LogP contribution is 1.98. The van der Waals surface area contributed by atoms with Crippen LogP contribution in [0, 0.1) is 0 Å². The van der Waals surface area contributed by atoms with Crippen LogP contribution in [0.25, 0.3) is 0 Å². The van der Waals surface area contributed by atoms with Gasteiger partial charge in [-0.25, -0.2) is 0 Å². The normalized spacial score (nSPS) is 11.5. The van der Waals surface area contributed by atoms with E-state index in [9.17, 15) is 4.79 Å². The highest BCUT2D eigenvalue weighted by molar-refractivity contribution is 5.87. The summed E-state index contributed by atoms with van der Waals surface area (Å²) >= 11 is 0. The van der Waals surface area contributed by atoms with Gasteiger partial charge in [-0.1, -0.05) is 26.2 Å². The van der Waals surface area contributed by atoms with Gasteiger partial charge in [0.1, 0.15) is 0 Å². The third kappa shape index (κ3) is 9.12. The molecule has 0 fully saturated rings. The van der Waals surface area contributed by atoms with Gasteiger partial charge in [0.05, 0.1) is 0 Å². The number of allylic oxidation sites excluding steroid dienone is 2. The first-order chi connectivity index (χ1) is 6.16. The van der Waals surface area contributed by atoms with E-state index >= 15 is 0 Å². The standard InChI is InChI=1S/C11H21NO/c1-4-5-6-7-8-12-10(2)9-11(3)13/h9,12H,4-8H2,1-3H3/b10-9-. The zero-order valence-corrected chi connectivity index (χ0v) is 9.02. The Labute approximate surface area is 81.4 Å². The van der Waals surface area contributed by atoms with E-state index in [2.05, 4.69) is 12.2 Å². The van der Waals surface area contributed by atoms with Crippen molar-refractivity contribution in [2.24, 2.45) is 0 Å². The monoisotopic (exact) mass is 183 g/mol. The molecule has 0 unspecified atom stereocenters. The molecule has 2 heteroatoms. The Morgan fingerprint density at radius 3 is 2.46 bits per heavy atom. The van der Waals surface area contributed by atoms with Crippen LogP contribution in [0.2, 0.25) is 0 Å². The largest absolute Gasteiger partial charge is 0.388 e. The molecule has 0 aromatic rings. The van der Waals surface area contributed by atoms with E-state index in [0.717, 1.165) is 12.2 Å². The SMILES string of the molecule is CCCCCCN/C(C)=C\C(C)=O. The van der Waals surface area contributed by atoms with Crippen molar-refractivity contribution in [2.75, 3.05) is 6.54 Å². The van der Waals surface area contributed by atoms with Crippen molar-refractivity contribution in [2.45, 2.75) is 46.5 Å². The maximum absolute atomic E-state index is 10.7. The molecule has 0 aromatic carbocycles. The number of ketones is 1. The average Bonchev–Trinajstić information content (AvgIpc) is 2.02. The molecule has 2 nitrogen and oxygen atoms in total. The van der Waals surface area contributed by atoms with Crippen LogP contribution in [-0.4, -0.2) is 12.3 Å². The Morgan fingerprint density at radius 1 is 1.23 bits per heavy atom. The molecule has 76 valence electrons. The number of rotatable bonds is 7. The molecule has 0 saturated carbocycles. The Kier molecular flexibility index (Phi) is 7.36. The van der Waals surface area contributed by atoms with Gasteiger partial charge >= 0.3 is 0 Å². The summed E-state index contributed by atoms with van der Waals surface area (Å²) in [6.07, 6.45) is 6.67. The highest BCUT2D eigenvalue weighted by Gasteiger charge is 1.91. The molecule has 0 rings (SSSR count). The van der Waals surface area contributed by atoms with E-state index in [0.29, 0.717) is 0 Å². The van der Waals surface area contributed by atoms with Crippen molar-refractivity contribution in [3.8, 4) is 0 Å². The lowest BCUT2D eigenvalue weighted by Crippen LogP contribution is -2.13. The van der Waals surface area contributed by atoms with Gasteiger partial charge in [0.25, 0.3) is 0 Å². The third-order valence-corrected chi connectivity index (χ3v) is 1.85. The van der Waals surface area contributed by atoms with Gasteiger partial charge in [-0.3, -0.25) is 4.79 Å². The van der Waals surface area contributed by atoms with Crippen molar-refractivity contribution in [3.05, 3.63) is 11.8 Å². The first kappa shape index (κ1) is 12.2. The molecule has 1 N–H and O–H groups in total. The second-order valence-corrected chi connectivity index (χ2v) is 3.43. The number of hydrogen-bond acceptors (Lipinski definition) is 2. The van der Waals surface area contributed by atoms with Crippen LogP contribution in [0.5, 0.6) is 0 Å². The van der Waals surface area contributed by atoms with Crippen molar-refractivity contribution >= 4 is 5.78 Å². The minimum Gasteiger partial charge on any atom is -0.388 e. The van der Waals surface area contributed by atoms with E-state index in [4.69, 9.17) is 0 Å². The summed E-state index contributed by atoms with van der Waals surface area (Å²) in [4.78, 5) is 10.7. The molecule has 0 aromatic heterocycles. The third-order valence-electron chi connectivity index (χ3n) is 1.85. The lowest BCUT2D eigenvalue weighted by molar-refractivity contribution is -0.112. The first-order valence-corrected chi connectivity index (χ1v) is 5.09. The molecule has 0 amide bonds. The lowest BCUT2D eigenvalue weighted by atomic mass is 10.2. The molecule has 0 heterocycles. The Morgan fingerprint density at radius 2 is 1.92 bits per heavy atom. The molecule has 0 bridgehead atoms. The second-order valence-electron chi connectivity index (χ2n) is 3.43. The van der Waals surface area contributed by atoms with Crippen LogP contribution in [0.15, 0.2) is 11.8 Å². The number of unbranched alkanes of at least 4 members (excludes halogenated alkanes) is 3. The van der Waals surface area contributed by atoms with Gasteiger partial charge in [-0.15, -0.1) is 0 Å².